The number of benzene rings is 1. The van der Waals surface area contributed by atoms with Gasteiger partial charge in [0.1, 0.15) is 0 Å². The second kappa shape index (κ2) is 4.62. The van der Waals surface area contributed by atoms with Crippen molar-refractivity contribution in [1.82, 2.24) is 5.32 Å². The summed E-state index contributed by atoms with van der Waals surface area (Å²) in [5, 5.41) is 3.02. The molecule has 1 saturated carbocycles. The number of amides is 1. The van der Waals surface area contributed by atoms with E-state index in [1.165, 1.54) is 6.42 Å². The summed E-state index contributed by atoms with van der Waals surface area (Å²) in [6.45, 7) is 2.09. The van der Waals surface area contributed by atoms with E-state index in [1.54, 1.807) is 12.2 Å². The molecule has 0 unspecified atom stereocenters. The van der Waals surface area contributed by atoms with Gasteiger partial charge < -0.3 is 11.1 Å². The molecule has 0 aromatic heterocycles. The Bertz CT molecular complexity index is 447. The Labute approximate surface area is 102 Å². The molecule has 17 heavy (non-hydrogen) atoms. The average molecular weight is 230 g/mol. The first-order valence-electron chi connectivity index (χ1n) is 5.93. The van der Waals surface area contributed by atoms with Gasteiger partial charge in [0.25, 0.3) is 0 Å². The number of carbonyl (C=O) groups excluding carboxylic acids is 1. The fraction of sp³-hybridized carbons (Fsp3) is 0.357. The van der Waals surface area contributed by atoms with E-state index in [-0.39, 0.29) is 11.4 Å². The molecule has 0 heterocycles. The van der Waals surface area contributed by atoms with Crippen molar-refractivity contribution in [2.75, 3.05) is 5.73 Å². The van der Waals surface area contributed by atoms with Gasteiger partial charge in [0, 0.05) is 17.3 Å². The number of nitrogen functional groups attached to an aromatic ring is 1. The topological polar surface area (TPSA) is 55.1 Å². The minimum Gasteiger partial charge on any atom is -0.399 e. The number of carbonyl (C=O) groups is 1. The number of anilines is 1. The second-order valence-electron chi connectivity index (χ2n) is 4.91. The maximum absolute atomic E-state index is 11.7. The third kappa shape index (κ3) is 3.09. The van der Waals surface area contributed by atoms with E-state index in [1.807, 2.05) is 24.3 Å². The predicted molar refractivity (Wildman–Crippen MR) is 70.3 cm³/mol. The van der Waals surface area contributed by atoms with Gasteiger partial charge in [-0.05, 0) is 50.0 Å². The van der Waals surface area contributed by atoms with Crippen LogP contribution in [0.4, 0.5) is 5.69 Å². The Morgan fingerprint density at radius 1 is 1.47 bits per heavy atom. The highest BCUT2D eigenvalue weighted by Gasteiger charge is 2.32. The van der Waals surface area contributed by atoms with Gasteiger partial charge in [-0.3, -0.25) is 4.79 Å². The zero-order valence-electron chi connectivity index (χ0n) is 10.1. The average Bonchev–Trinajstić information content (AvgIpc) is 2.24. The first kappa shape index (κ1) is 11.7. The molecule has 1 fully saturated rings. The zero-order valence-corrected chi connectivity index (χ0v) is 10.1. The van der Waals surface area contributed by atoms with Crippen LogP contribution >= 0.6 is 0 Å². The second-order valence-corrected chi connectivity index (χ2v) is 4.91. The Morgan fingerprint density at radius 2 is 2.24 bits per heavy atom. The highest BCUT2D eigenvalue weighted by molar-refractivity contribution is 5.92. The van der Waals surface area contributed by atoms with Gasteiger partial charge in [0.05, 0.1) is 0 Å². The summed E-state index contributed by atoms with van der Waals surface area (Å²) in [6.07, 6.45) is 6.71. The number of hydrogen-bond donors (Lipinski definition) is 2. The fourth-order valence-corrected chi connectivity index (χ4v) is 2.01. The first-order valence-corrected chi connectivity index (χ1v) is 5.93. The van der Waals surface area contributed by atoms with Gasteiger partial charge in [0.15, 0.2) is 0 Å². The van der Waals surface area contributed by atoms with E-state index in [0.717, 1.165) is 18.4 Å². The quantitative estimate of drug-likeness (QED) is 0.618. The molecule has 1 aliphatic rings. The summed E-state index contributed by atoms with van der Waals surface area (Å²) in [7, 11) is 0. The Hall–Kier alpha value is -1.77. The van der Waals surface area contributed by atoms with E-state index in [4.69, 9.17) is 5.73 Å². The lowest BCUT2D eigenvalue weighted by atomic mass is 9.78. The lowest BCUT2D eigenvalue weighted by molar-refractivity contribution is -0.119. The van der Waals surface area contributed by atoms with Crippen LogP contribution in [0.2, 0.25) is 0 Å². The van der Waals surface area contributed by atoms with Gasteiger partial charge in [-0.1, -0.05) is 12.1 Å². The molecule has 0 bridgehead atoms. The highest BCUT2D eigenvalue weighted by atomic mass is 16.1. The van der Waals surface area contributed by atoms with E-state index in [0.29, 0.717) is 5.69 Å². The molecule has 0 spiro atoms. The van der Waals surface area contributed by atoms with Crippen LogP contribution in [0.25, 0.3) is 6.08 Å². The molecule has 2 rings (SSSR count). The van der Waals surface area contributed by atoms with E-state index in [9.17, 15) is 4.79 Å². The van der Waals surface area contributed by atoms with Gasteiger partial charge in [-0.15, -0.1) is 0 Å². The molecule has 3 N–H and O–H groups in total. The lowest BCUT2D eigenvalue weighted by Crippen LogP contribution is -2.50. The van der Waals surface area contributed by atoms with Gasteiger partial charge in [0.2, 0.25) is 5.91 Å². The predicted octanol–water partition coefficient (Wildman–Crippen LogP) is 2.34. The molecular weight excluding hydrogens is 212 g/mol. The maximum Gasteiger partial charge on any atom is 0.244 e. The minimum absolute atomic E-state index is 0.0111. The standard InChI is InChI=1S/C14H18N2O/c1-14(8-3-9-14)16-13(17)7-6-11-4-2-5-12(15)10-11/h2,4-7,10H,3,8-9,15H2,1H3,(H,16,17)/b7-6+. The molecule has 0 aliphatic heterocycles. The van der Waals surface area contributed by atoms with Crippen molar-refractivity contribution in [2.24, 2.45) is 0 Å². The summed E-state index contributed by atoms with van der Waals surface area (Å²) in [6, 6.07) is 7.47. The van der Waals surface area contributed by atoms with E-state index >= 15 is 0 Å². The summed E-state index contributed by atoms with van der Waals surface area (Å²) >= 11 is 0. The third-order valence-corrected chi connectivity index (χ3v) is 3.22. The van der Waals surface area contributed by atoms with Crippen molar-refractivity contribution >= 4 is 17.7 Å². The van der Waals surface area contributed by atoms with Crippen LogP contribution in [-0.2, 0) is 4.79 Å². The highest BCUT2D eigenvalue weighted by Crippen LogP contribution is 2.30. The van der Waals surface area contributed by atoms with Gasteiger partial charge >= 0.3 is 0 Å². The summed E-state index contributed by atoms with van der Waals surface area (Å²) in [5.74, 6) is -0.0328. The Morgan fingerprint density at radius 3 is 2.82 bits per heavy atom. The molecule has 1 aliphatic carbocycles. The van der Waals surface area contributed by atoms with Crippen molar-refractivity contribution in [3.63, 3.8) is 0 Å². The molecule has 1 aromatic rings. The van der Waals surface area contributed by atoms with Crippen LogP contribution in [0.5, 0.6) is 0 Å². The van der Waals surface area contributed by atoms with Crippen molar-refractivity contribution in [3.05, 3.63) is 35.9 Å². The molecule has 3 nitrogen and oxygen atoms in total. The maximum atomic E-state index is 11.7. The smallest absolute Gasteiger partial charge is 0.244 e. The normalized spacial score (nSPS) is 17.7. The summed E-state index contributed by atoms with van der Waals surface area (Å²) < 4.78 is 0. The van der Waals surface area contributed by atoms with Gasteiger partial charge in [-0.25, -0.2) is 0 Å². The fourth-order valence-electron chi connectivity index (χ4n) is 2.01. The SMILES string of the molecule is CC1(NC(=O)/C=C/c2cccc(N)c2)CCC1. The van der Waals surface area contributed by atoms with Crippen molar-refractivity contribution < 1.29 is 4.79 Å². The number of hydrogen-bond acceptors (Lipinski definition) is 2. The van der Waals surface area contributed by atoms with Crippen LogP contribution in [0.15, 0.2) is 30.3 Å². The first-order chi connectivity index (χ1) is 8.07. The van der Waals surface area contributed by atoms with Gasteiger partial charge in [-0.2, -0.15) is 0 Å². The zero-order chi connectivity index (χ0) is 12.3. The van der Waals surface area contributed by atoms with Crippen molar-refractivity contribution in [2.45, 2.75) is 31.7 Å². The van der Waals surface area contributed by atoms with E-state index < -0.39 is 0 Å². The van der Waals surface area contributed by atoms with Crippen LogP contribution < -0.4 is 11.1 Å². The van der Waals surface area contributed by atoms with E-state index in [2.05, 4.69) is 12.2 Å². The summed E-state index contributed by atoms with van der Waals surface area (Å²) in [4.78, 5) is 11.7. The molecule has 0 radical (unpaired) electrons. The molecule has 1 aromatic carbocycles. The largest absolute Gasteiger partial charge is 0.399 e. The minimum atomic E-state index is -0.0328. The van der Waals surface area contributed by atoms with Crippen LogP contribution in [0, 0.1) is 0 Å². The number of rotatable bonds is 3. The third-order valence-electron chi connectivity index (χ3n) is 3.22. The molecule has 0 saturated heterocycles. The number of nitrogens with two attached hydrogens (primary N) is 1. The molecule has 3 heteroatoms. The summed E-state index contributed by atoms with van der Waals surface area (Å²) in [5.41, 5.74) is 7.32. The van der Waals surface area contributed by atoms with Crippen LogP contribution in [-0.4, -0.2) is 11.4 Å². The molecule has 1 amide bonds. The molecule has 0 atom stereocenters. The van der Waals surface area contributed by atoms with Crippen molar-refractivity contribution in [3.8, 4) is 0 Å². The monoisotopic (exact) mass is 230 g/mol. The Balaban J connectivity index is 1.94. The van der Waals surface area contributed by atoms with Crippen LogP contribution in [0.3, 0.4) is 0 Å². The molecular formula is C14H18N2O. The van der Waals surface area contributed by atoms with Crippen LogP contribution in [0.1, 0.15) is 31.7 Å². The number of nitrogens with one attached hydrogen (secondary N) is 1. The molecule has 90 valence electrons. The Kier molecular flexibility index (Phi) is 3.18. The van der Waals surface area contributed by atoms with Crippen molar-refractivity contribution in [1.29, 1.82) is 0 Å². The lowest BCUT2D eigenvalue weighted by Gasteiger charge is -2.38.